The molecule has 2 N–H and O–H groups in total. The summed E-state index contributed by atoms with van der Waals surface area (Å²) in [4.78, 5) is 29.1. The van der Waals surface area contributed by atoms with Gasteiger partial charge < -0.3 is 15.3 Å². The number of hydrogen-bond acceptors (Lipinski definition) is 3. The highest BCUT2D eigenvalue weighted by atomic mass is 16.4. The number of carboxylic acids is 1. The number of aryl methyl sites for hydroxylation is 2. The summed E-state index contributed by atoms with van der Waals surface area (Å²) in [6.07, 6.45) is 1.83. The fourth-order valence-corrected chi connectivity index (χ4v) is 2.68. The van der Waals surface area contributed by atoms with Crippen LogP contribution in [0.5, 0.6) is 0 Å². The van der Waals surface area contributed by atoms with Crippen molar-refractivity contribution in [1.82, 2.24) is 9.88 Å². The van der Waals surface area contributed by atoms with E-state index < -0.39 is 5.97 Å². The number of nitrogens with one attached hydrogen (secondary N) is 1. The molecule has 2 rings (SSSR count). The van der Waals surface area contributed by atoms with Crippen molar-refractivity contribution >= 4 is 17.7 Å². The van der Waals surface area contributed by atoms with Gasteiger partial charge in [-0.1, -0.05) is 0 Å². The van der Waals surface area contributed by atoms with Crippen molar-refractivity contribution < 1.29 is 14.7 Å². The van der Waals surface area contributed by atoms with Gasteiger partial charge in [0, 0.05) is 25.2 Å². The van der Waals surface area contributed by atoms with Gasteiger partial charge in [0.05, 0.1) is 11.4 Å². The fourth-order valence-electron chi connectivity index (χ4n) is 2.68. The summed E-state index contributed by atoms with van der Waals surface area (Å²) < 4.78 is 0. The molecule has 21 heavy (non-hydrogen) atoms. The predicted molar refractivity (Wildman–Crippen MR) is 79.3 cm³/mol. The summed E-state index contributed by atoms with van der Waals surface area (Å²) in [7, 11) is 0. The van der Waals surface area contributed by atoms with Gasteiger partial charge in [0.15, 0.2) is 0 Å². The highest BCUT2D eigenvalue weighted by molar-refractivity contribution is 5.90. The Morgan fingerprint density at radius 3 is 2.86 bits per heavy atom. The normalized spacial score (nSPS) is 18.4. The Labute approximate surface area is 124 Å². The zero-order valence-electron chi connectivity index (χ0n) is 12.4. The third-order valence-electron chi connectivity index (χ3n) is 3.74. The molecule has 0 bridgehead atoms. The molecule has 1 aromatic heterocycles. The van der Waals surface area contributed by atoms with Crippen LogP contribution in [0.3, 0.4) is 0 Å². The van der Waals surface area contributed by atoms with Crippen LogP contribution in [0.25, 0.3) is 0 Å². The molecule has 0 saturated carbocycles. The number of carbonyl (C=O) groups excluding carboxylic acids is 1. The summed E-state index contributed by atoms with van der Waals surface area (Å²) >= 11 is 0. The molecular weight excluding hydrogens is 270 g/mol. The number of aromatic nitrogens is 1. The second kappa shape index (κ2) is 6.56. The zero-order valence-corrected chi connectivity index (χ0v) is 12.4. The summed E-state index contributed by atoms with van der Waals surface area (Å²) in [5.74, 6) is -0.764. The van der Waals surface area contributed by atoms with Crippen molar-refractivity contribution in [3.8, 4) is 0 Å². The van der Waals surface area contributed by atoms with Crippen LogP contribution in [0.15, 0.2) is 12.1 Å². The molecule has 2 amide bonds. The number of anilines is 1. The van der Waals surface area contributed by atoms with Gasteiger partial charge in [-0.05, 0) is 44.7 Å². The van der Waals surface area contributed by atoms with Crippen LogP contribution < -0.4 is 5.32 Å². The van der Waals surface area contributed by atoms with Gasteiger partial charge in [-0.15, -0.1) is 0 Å². The van der Waals surface area contributed by atoms with E-state index in [1.54, 1.807) is 4.90 Å². The third kappa shape index (κ3) is 4.18. The molecule has 1 aromatic rings. The minimum atomic E-state index is -0.805. The van der Waals surface area contributed by atoms with E-state index in [1.807, 2.05) is 26.0 Å². The van der Waals surface area contributed by atoms with E-state index in [0.29, 0.717) is 18.8 Å². The predicted octanol–water partition coefficient (Wildman–Crippen LogP) is 2.42. The molecule has 6 heteroatoms. The van der Waals surface area contributed by atoms with Crippen molar-refractivity contribution in [2.24, 2.45) is 5.92 Å². The summed E-state index contributed by atoms with van der Waals surface area (Å²) in [6.45, 7) is 4.92. The van der Waals surface area contributed by atoms with Gasteiger partial charge >= 0.3 is 12.0 Å². The molecule has 1 unspecified atom stereocenters. The Morgan fingerprint density at radius 2 is 2.19 bits per heavy atom. The van der Waals surface area contributed by atoms with Crippen LogP contribution in [0, 0.1) is 19.8 Å². The number of aliphatic carboxylic acids is 1. The number of piperidine rings is 1. The lowest BCUT2D eigenvalue weighted by Crippen LogP contribution is -2.42. The molecule has 1 atom stereocenters. The first-order valence-electron chi connectivity index (χ1n) is 7.17. The van der Waals surface area contributed by atoms with E-state index in [4.69, 9.17) is 5.11 Å². The van der Waals surface area contributed by atoms with Gasteiger partial charge in [0.2, 0.25) is 0 Å². The SMILES string of the molecule is Cc1ccc(NC(=O)N2CCCC(CC(=O)O)C2)c(C)n1. The maximum absolute atomic E-state index is 12.3. The molecule has 114 valence electrons. The summed E-state index contributed by atoms with van der Waals surface area (Å²) in [5.41, 5.74) is 2.39. The molecule has 6 nitrogen and oxygen atoms in total. The number of amides is 2. The van der Waals surface area contributed by atoms with Crippen molar-refractivity contribution in [3.63, 3.8) is 0 Å². The molecular formula is C15H21N3O3. The minimum Gasteiger partial charge on any atom is -0.481 e. The zero-order chi connectivity index (χ0) is 15.4. The first-order valence-corrected chi connectivity index (χ1v) is 7.17. The van der Waals surface area contributed by atoms with Crippen molar-refractivity contribution in [2.45, 2.75) is 33.1 Å². The number of carbonyl (C=O) groups is 2. The fraction of sp³-hybridized carbons (Fsp3) is 0.533. The summed E-state index contributed by atoms with van der Waals surface area (Å²) in [5, 5.41) is 11.7. The minimum absolute atomic E-state index is 0.0410. The van der Waals surface area contributed by atoms with E-state index in [0.717, 1.165) is 24.2 Å². The van der Waals surface area contributed by atoms with E-state index in [1.165, 1.54) is 0 Å². The van der Waals surface area contributed by atoms with Crippen molar-refractivity contribution in [2.75, 3.05) is 18.4 Å². The van der Waals surface area contributed by atoms with Crippen molar-refractivity contribution in [1.29, 1.82) is 0 Å². The molecule has 0 aromatic carbocycles. The number of rotatable bonds is 3. The van der Waals surface area contributed by atoms with Crippen molar-refractivity contribution in [3.05, 3.63) is 23.5 Å². The van der Waals surface area contributed by atoms with Gasteiger partial charge in [-0.3, -0.25) is 9.78 Å². The van der Waals surface area contributed by atoms with Crippen LogP contribution in [-0.2, 0) is 4.79 Å². The van der Waals surface area contributed by atoms with Gasteiger partial charge in [0.1, 0.15) is 0 Å². The largest absolute Gasteiger partial charge is 0.481 e. The van der Waals surface area contributed by atoms with Crippen LogP contribution in [0.1, 0.15) is 30.7 Å². The molecule has 1 aliphatic rings. The maximum atomic E-state index is 12.3. The average molecular weight is 291 g/mol. The Hall–Kier alpha value is -2.11. The topological polar surface area (TPSA) is 82.5 Å². The number of pyridine rings is 1. The number of urea groups is 1. The highest BCUT2D eigenvalue weighted by Gasteiger charge is 2.25. The van der Waals surface area contributed by atoms with Crippen LogP contribution >= 0.6 is 0 Å². The first kappa shape index (κ1) is 15.3. The second-order valence-corrected chi connectivity index (χ2v) is 5.57. The Bertz CT molecular complexity index is 545. The van der Waals surface area contributed by atoms with Crippen LogP contribution in [0.2, 0.25) is 0 Å². The summed E-state index contributed by atoms with van der Waals surface area (Å²) in [6, 6.07) is 3.51. The second-order valence-electron chi connectivity index (χ2n) is 5.57. The number of nitrogens with zero attached hydrogens (tertiary/aromatic N) is 2. The third-order valence-corrected chi connectivity index (χ3v) is 3.74. The van der Waals surface area contributed by atoms with Gasteiger partial charge in [-0.2, -0.15) is 0 Å². The van der Waals surface area contributed by atoms with E-state index >= 15 is 0 Å². The van der Waals surface area contributed by atoms with E-state index in [-0.39, 0.29) is 18.4 Å². The lowest BCUT2D eigenvalue weighted by molar-refractivity contribution is -0.138. The number of hydrogen-bond donors (Lipinski definition) is 2. The lowest BCUT2D eigenvalue weighted by atomic mass is 9.95. The molecule has 0 spiro atoms. The highest BCUT2D eigenvalue weighted by Crippen LogP contribution is 2.21. The van der Waals surface area contributed by atoms with E-state index in [2.05, 4.69) is 10.3 Å². The van der Waals surface area contributed by atoms with Crippen LogP contribution in [0.4, 0.5) is 10.5 Å². The lowest BCUT2D eigenvalue weighted by Gasteiger charge is -2.32. The first-order chi connectivity index (χ1) is 9.95. The van der Waals surface area contributed by atoms with Gasteiger partial charge in [0.25, 0.3) is 0 Å². The molecule has 2 heterocycles. The quantitative estimate of drug-likeness (QED) is 0.896. The molecule has 1 fully saturated rings. The van der Waals surface area contributed by atoms with E-state index in [9.17, 15) is 9.59 Å². The average Bonchev–Trinajstić information content (AvgIpc) is 2.41. The molecule has 1 saturated heterocycles. The number of carboxylic acid groups (broad SMARTS) is 1. The monoisotopic (exact) mass is 291 g/mol. The smallest absolute Gasteiger partial charge is 0.321 e. The van der Waals surface area contributed by atoms with Crippen LogP contribution in [-0.4, -0.2) is 40.1 Å². The maximum Gasteiger partial charge on any atom is 0.321 e. The molecule has 0 aliphatic carbocycles. The van der Waals surface area contributed by atoms with Gasteiger partial charge in [-0.25, -0.2) is 4.79 Å². The standard InChI is InChI=1S/C15H21N3O3/c1-10-5-6-13(11(2)16-10)17-15(21)18-7-3-4-12(9-18)8-14(19)20/h5-6,12H,3-4,7-9H2,1-2H3,(H,17,21)(H,19,20). The molecule has 0 radical (unpaired) electrons. The Morgan fingerprint density at radius 1 is 1.43 bits per heavy atom. The Kier molecular flexibility index (Phi) is 4.77. The number of likely N-dealkylation sites (tertiary alicyclic amines) is 1. The molecule has 1 aliphatic heterocycles. The Balaban J connectivity index is 1.97.